The van der Waals surface area contributed by atoms with E-state index in [0.717, 1.165) is 24.5 Å². The van der Waals surface area contributed by atoms with Crippen LogP contribution >= 0.6 is 47.8 Å². The van der Waals surface area contributed by atoms with E-state index in [4.69, 9.17) is 0 Å². The Kier molecular flexibility index (Phi) is 5.01. The number of hydrogen-bond donors (Lipinski definition) is 1. The second-order valence-electron chi connectivity index (χ2n) is 4.02. The number of hydrogen-bond acceptors (Lipinski definition) is 1. The molecule has 0 aliphatic heterocycles. The standard InChI is InChI=1S/C14H11Br3O/c15-10-3-1-2-9(6-10)7-14(18)12-8-11(16)4-5-13(12)17/h1-6,8,14,18H,7H2. The molecule has 0 bridgehead atoms. The second-order valence-corrected chi connectivity index (χ2v) is 6.70. The quantitative estimate of drug-likeness (QED) is 0.699. The Morgan fingerprint density at radius 3 is 2.39 bits per heavy atom. The van der Waals surface area contributed by atoms with Gasteiger partial charge in [-0.25, -0.2) is 0 Å². The number of benzene rings is 2. The van der Waals surface area contributed by atoms with Gasteiger partial charge in [-0.2, -0.15) is 0 Å². The minimum atomic E-state index is -0.522. The summed E-state index contributed by atoms with van der Waals surface area (Å²) in [6, 6.07) is 13.8. The molecular weight excluding hydrogens is 424 g/mol. The lowest BCUT2D eigenvalue weighted by molar-refractivity contribution is 0.177. The molecule has 1 nitrogen and oxygen atoms in total. The molecule has 2 rings (SSSR count). The number of halogens is 3. The maximum atomic E-state index is 10.3. The van der Waals surface area contributed by atoms with Gasteiger partial charge in [-0.1, -0.05) is 59.9 Å². The monoisotopic (exact) mass is 432 g/mol. The van der Waals surface area contributed by atoms with E-state index in [9.17, 15) is 5.11 Å². The van der Waals surface area contributed by atoms with Crippen molar-refractivity contribution < 1.29 is 5.11 Å². The van der Waals surface area contributed by atoms with Crippen LogP contribution in [-0.2, 0) is 6.42 Å². The first-order chi connectivity index (χ1) is 8.56. The fourth-order valence-corrected chi connectivity index (χ4v) is 3.10. The average Bonchev–Trinajstić information content (AvgIpc) is 2.32. The summed E-state index contributed by atoms with van der Waals surface area (Å²) in [7, 11) is 0. The second kappa shape index (κ2) is 6.33. The molecule has 0 fully saturated rings. The first-order valence-electron chi connectivity index (χ1n) is 5.44. The molecule has 0 radical (unpaired) electrons. The van der Waals surface area contributed by atoms with Gasteiger partial charge in [0.2, 0.25) is 0 Å². The lowest BCUT2D eigenvalue weighted by atomic mass is 10.0. The molecule has 4 heteroatoms. The van der Waals surface area contributed by atoms with Crippen molar-refractivity contribution >= 4 is 47.8 Å². The van der Waals surface area contributed by atoms with Crippen molar-refractivity contribution in [1.29, 1.82) is 0 Å². The van der Waals surface area contributed by atoms with E-state index in [1.54, 1.807) is 0 Å². The molecular formula is C14H11Br3O. The molecule has 0 heterocycles. The van der Waals surface area contributed by atoms with Crippen molar-refractivity contribution in [3.63, 3.8) is 0 Å². The number of rotatable bonds is 3. The molecule has 0 saturated heterocycles. The predicted molar refractivity (Wildman–Crippen MR) is 84.6 cm³/mol. The highest BCUT2D eigenvalue weighted by Gasteiger charge is 2.12. The van der Waals surface area contributed by atoms with Crippen molar-refractivity contribution in [3.8, 4) is 0 Å². The van der Waals surface area contributed by atoms with Crippen LogP contribution in [0.5, 0.6) is 0 Å². The Bertz CT molecular complexity index is 554. The molecule has 1 N–H and O–H groups in total. The van der Waals surface area contributed by atoms with Crippen LogP contribution in [-0.4, -0.2) is 5.11 Å². The largest absolute Gasteiger partial charge is 0.388 e. The minimum Gasteiger partial charge on any atom is -0.388 e. The summed E-state index contributed by atoms with van der Waals surface area (Å²) in [6.07, 6.45) is 0.0697. The van der Waals surface area contributed by atoms with Gasteiger partial charge in [0.1, 0.15) is 0 Å². The highest BCUT2D eigenvalue weighted by molar-refractivity contribution is 9.11. The van der Waals surface area contributed by atoms with E-state index in [2.05, 4.69) is 47.8 Å². The Hall–Kier alpha value is -0.160. The maximum absolute atomic E-state index is 10.3. The molecule has 0 aliphatic carbocycles. The molecule has 0 spiro atoms. The summed E-state index contributed by atoms with van der Waals surface area (Å²) >= 11 is 10.3. The maximum Gasteiger partial charge on any atom is 0.0841 e. The lowest BCUT2D eigenvalue weighted by Crippen LogP contribution is -2.02. The first-order valence-corrected chi connectivity index (χ1v) is 7.81. The minimum absolute atomic E-state index is 0.522. The molecule has 94 valence electrons. The van der Waals surface area contributed by atoms with Gasteiger partial charge < -0.3 is 5.11 Å². The van der Waals surface area contributed by atoms with Crippen LogP contribution < -0.4 is 0 Å². The van der Waals surface area contributed by atoms with Crippen molar-refractivity contribution in [3.05, 3.63) is 67.0 Å². The molecule has 2 aromatic carbocycles. The molecule has 2 aromatic rings. The summed E-state index contributed by atoms with van der Waals surface area (Å²) in [6.45, 7) is 0. The summed E-state index contributed by atoms with van der Waals surface area (Å²) in [5, 5.41) is 10.3. The summed E-state index contributed by atoms with van der Waals surface area (Å²) in [5.74, 6) is 0. The summed E-state index contributed by atoms with van der Waals surface area (Å²) in [4.78, 5) is 0. The third kappa shape index (κ3) is 3.67. The SMILES string of the molecule is OC(Cc1cccc(Br)c1)c1cc(Br)ccc1Br. The lowest BCUT2D eigenvalue weighted by Gasteiger charge is -2.13. The third-order valence-corrected chi connectivity index (χ3v) is 4.34. The molecule has 0 saturated carbocycles. The van der Waals surface area contributed by atoms with E-state index in [0.29, 0.717) is 6.42 Å². The zero-order chi connectivity index (χ0) is 13.1. The average molecular weight is 435 g/mol. The first kappa shape index (κ1) is 14.3. The fourth-order valence-electron chi connectivity index (χ4n) is 1.77. The van der Waals surface area contributed by atoms with Crippen LogP contribution in [0, 0.1) is 0 Å². The predicted octanol–water partition coefficient (Wildman–Crippen LogP) is 5.25. The van der Waals surface area contributed by atoms with Gasteiger partial charge in [-0.05, 0) is 41.5 Å². The molecule has 1 atom stereocenters. The van der Waals surface area contributed by atoms with Gasteiger partial charge in [-0.15, -0.1) is 0 Å². The molecule has 1 unspecified atom stereocenters. The van der Waals surface area contributed by atoms with E-state index < -0.39 is 6.10 Å². The molecule has 18 heavy (non-hydrogen) atoms. The summed E-state index contributed by atoms with van der Waals surface area (Å²) in [5.41, 5.74) is 1.99. The van der Waals surface area contributed by atoms with Gasteiger partial charge in [-0.3, -0.25) is 0 Å². The van der Waals surface area contributed by atoms with Crippen LogP contribution in [0.3, 0.4) is 0 Å². The molecule has 0 amide bonds. The zero-order valence-electron chi connectivity index (χ0n) is 9.41. The van der Waals surface area contributed by atoms with Gasteiger partial charge in [0.15, 0.2) is 0 Å². The Labute approximate surface area is 132 Å². The highest BCUT2D eigenvalue weighted by atomic mass is 79.9. The van der Waals surface area contributed by atoms with Gasteiger partial charge in [0.25, 0.3) is 0 Å². The van der Waals surface area contributed by atoms with Gasteiger partial charge in [0.05, 0.1) is 6.10 Å². The highest BCUT2D eigenvalue weighted by Crippen LogP contribution is 2.29. The van der Waals surface area contributed by atoms with E-state index in [1.807, 2.05) is 42.5 Å². The van der Waals surface area contributed by atoms with Crippen LogP contribution in [0.2, 0.25) is 0 Å². The van der Waals surface area contributed by atoms with E-state index in [-0.39, 0.29) is 0 Å². The van der Waals surface area contributed by atoms with Crippen molar-refractivity contribution in [1.82, 2.24) is 0 Å². The van der Waals surface area contributed by atoms with Crippen LogP contribution in [0.15, 0.2) is 55.9 Å². The number of aliphatic hydroxyl groups is 1. The Morgan fingerprint density at radius 2 is 1.67 bits per heavy atom. The topological polar surface area (TPSA) is 20.2 Å². The summed E-state index contributed by atoms with van der Waals surface area (Å²) < 4.78 is 2.92. The Morgan fingerprint density at radius 1 is 0.944 bits per heavy atom. The van der Waals surface area contributed by atoms with Crippen LogP contribution in [0.1, 0.15) is 17.2 Å². The Balaban J connectivity index is 2.21. The zero-order valence-corrected chi connectivity index (χ0v) is 14.2. The van der Waals surface area contributed by atoms with Gasteiger partial charge >= 0.3 is 0 Å². The normalized spacial score (nSPS) is 12.4. The van der Waals surface area contributed by atoms with Gasteiger partial charge in [0, 0.05) is 19.8 Å². The van der Waals surface area contributed by atoms with E-state index >= 15 is 0 Å². The van der Waals surface area contributed by atoms with Crippen LogP contribution in [0.4, 0.5) is 0 Å². The van der Waals surface area contributed by atoms with Crippen LogP contribution in [0.25, 0.3) is 0 Å². The fraction of sp³-hybridized carbons (Fsp3) is 0.143. The van der Waals surface area contributed by atoms with Crippen molar-refractivity contribution in [2.24, 2.45) is 0 Å². The van der Waals surface area contributed by atoms with E-state index in [1.165, 1.54) is 0 Å². The molecule has 0 aromatic heterocycles. The molecule has 0 aliphatic rings. The number of aliphatic hydroxyl groups excluding tert-OH is 1. The third-order valence-electron chi connectivity index (χ3n) is 2.64. The van der Waals surface area contributed by atoms with Crippen molar-refractivity contribution in [2.75, 3.05) is 0 Å². The van der Waals surface area contributed by atoms with Crippen molar-refractivity contribution in [2.45, 2.75) is 12.5 Å². The smallest absolute Gasteiger partial charge is 0.0841 e.